The first kappa shape index (κ1) is 16.9. The normalized spacial score (nSPS) is 12.3. The van der Waals surface area contributed by atoms with Crippen LogP contribution in [0.4, 0.5) is 0 Å². The third-order valence-electron chi connectivity index (χ3n) is 4.01. The van der Waals surface area contributed by atoms with Crippen LogP contribution >= 0.6 is 0 Å². The number of amides is 1. The number of aryl methyl sites for hydroxylation is 1. The van der Waals surface area contributed by atoms with Crippen LogP contribution in [-0.4, -0.2) is 30.5 Å². The monoisotopic (exact) mass is 338 g/mol. The van der Waals surface area contributed by atoms with Gasteiger partial charge in [0, 0.05) is 18.8 Å². The molecule has 1 amide bonds. The van der Waals surface area contributed by atoms with E-state index in [0.717, 1.165) is 12.0 Å². The fourth-order valence-corrected chi connectivity index (χ4v) is 2.60. The van der Waals surface area contributed by atoms with Crippen molar-refractivity contribution in [1.82, 2.24) is 29.9 Å². The third kappa shape index (κ3) is 4.32. The number of nitrogens with one attached hydrogen (secondary N) is 1. The predicted molar refractivity (Wildman–Crippen MR) is 93.9 cm³/mol. The van der Waals surface area contributed by atoms with Gasteiger partial charge < -0.3 is 5.32 Å². The Balaban J connectivity index is 1.73. The highest BCUT2D eigenvalue weighted by molar-refractivity contribution is 5.93. The molecule has 3 aromatic rings. The summed E-state index contributed by atoms with van der Waals surface area (Å²) in [4.78, 5) is 16.6. The second-order valence-corrected chi connectivity index (χ2v) is 6.19. The quantitative estimate of drug-likeness (QED) is 0.718. The molecule has 3 rings (SSSR count). The Hall–Kier alpha value is -2.96. The van der Waals surface area contributed by atoms with E-state index in [0.29, 0.717) is 12.1 Å². The minimum Gasteiger partial charge on any atom is -0.345 e. The van der Waals surface area contributed by atoms with Crippen LogP contribution in [0.2, 0.25) is 0 Å². The van der Waals surface area contributed by atoms with Gasteiger partial charge in [-0.05, 0) is 25.8 Å². The summed E-state index contributed by atoms with van der Waals surface area (Å²) in [5.41, 5.74) is 1.63. The SMILES string of the molecule is CC(C)n1cc(C(=O)N[C@H](CCn2cncn2)c2ccccc2)cn1. The van der Waals surface area contributed by atoms with Crippen LogP contribution in [-0.2, 0) is 6.54 Å². The fraction of sp³-hybridized carbons (Fsp3) is 0.333. The first-order valence-corrected chi connectivity index (χ1v) is 8.36. The molecule has 0 aliphatic heterocycles. The van der Waals surface area contributed by atoms with E-state index in [1.807, 2.05) is 44.2 Å². The molecule has 7 nitrogen and oxygen atoms in total. The first-order valence-electron chi connectivity index (χ1n) is 8.36. The Bertz CT molecular complexity index is 794. The summed E-state index contributed by atoms with van der Waals surface area (Å²) in [6.45, 7) is 4.73. The minimum absolute atomic E-state index is 0.111. The van der Waals surface area contributed by atoms with Crippen LogP contribution < -0.4 is 5.32 Å². The van der Waals surface area contributed by atoms with Crippen molar-refractivity contribution >= 4 is 5.91 Å². The molecule has 130 valence electrons. The summed E-state index contributed by atoms with van der Waals surface area (Å²) in [5.74, 6) is -0.126. The molecule has 0 saturated heterocycles. The highest BCUT2D eigenvalue weighted by Crippen LogP contribution is 2.18. The van der Waals surface area contributed by atoms with Gasteiger partial charge in [-0.2, -0.15) is 10.2 Å². The summed E-state index contributed by atoms with van der Waals surface area (Å²) >= 11 is 0. The second kappa shape index (κ2) is 7.74. The van der Waals surface area contributed by atoms with Gasteiger partial charge in [0.05, 0.1) is 17.8 Å². The molecule has 0 unspecified atom stereocenters. The number of hydrogen-bond acceptors (Lipinski definition) is 4. The van der Waals surface area contributed by atoms with Crippen LogP contribution in [0.15, 0.2) is 55.4 Å². The molecule has 0 aliphatic carbocycles. The van der Waals surface area contributed by atoms with Gasteiger partial charge in [0.25, 0.3) is 5.91 Å². The molecule has 1 aromatic carbocycles. The van der Waals surface area contributed by atoms with E-state index in [2.05, 4.69) is 20.5 Å². The summed E-state index contributed by atoms with van der Waals surface area (Å²) in [6, 6.07) is 10.1. The highest BCUT2D eigenvalue weighted by atomic mass is 16.1. The van der Waals surface area contributed by atoms with Crippen LogP contribution in [0.25, 0.3) is 0 Å². The molecule has 1 atom stereocenters. The van der Waals surface area contributed by atoms with Crippen molar-refractivity contribution in [2.24, 2.45) is 0 Å². The van der Waals surface area contributed by atoms with E-state index in [1.54, 1.807) is 28.1 Å². The lowest BCUT2D eigenvalue weighted by Crippen LogP contribution is -2.29. The molecule has 2 aromatic heterocycles. The molecular weight excluding hydrogens is 316 g/mol. The maximum absolute atomic E-state index is 12.6. The summed E-state index contributed by atoms with van der Waals surface area (Å²) in [6.07, 6.45) is 7.29. The standard InChI is InChI=1S/C18H22N6O/c1-14(2)24-11-16(10-20-24)18(25)22-17(15-6-4-3-5-7-15)8-9-23-13-19-12-21-23/h3-7,10-14,17H,8-9H2,1-2H3,(H,22,25)/t17-/m1/s1. The Kier molecular flexibility index (Phi) is 5.23. The Labute approximate surface area is 146 Å². The van der Waals surface area contributed by atoms with Crippen molar-refractivity contribution < 1.29 is 4.79 Å². The second-order valence-electron chi connectivity index (χ2n) is 6.19. The number of aromatic nitrogens is 5. The number of nitrogens with zero attached hydrogens (tertiary/aromatic N) is 5. The Morgan fingerprint density at radius 2 is 2.00 bits per heavy atom. The van der Waals surface area contributed by atoms with E-state index in [-0.39, 0.29) is 18.0 Å². The van der Waals surface area contributed by atoms with Crippen molar-refractivity contribution in [2.45, 2.75) is 38.9 Å². The van der Waals surface area contributed by atoms with Gasteiger partial charge in [0.2, 0.25) is 0 Å². The van der Waals surface area contributed by atoms with Gasteiger partial charge in [-0.1, -0.05) is 30.3 Å². The molecule has 0 bridgehead atoms. The van der Waals surface area contributed by atoms with E-state index >= 15 is 0 Å². The number of benzene rings is 1. The highest BCUT2D eigenvalue weighted by Gasteiger charge is 2.17. The number of carbonyl (C=O) groups is 1. The molecule has 25 heavy (non-hydrogen) atoms. The van der Waals surface area contributed by atoms with Crippen molar-refractivity contribution in [3.05, 3.63) is 66.5 Å². The molecule has 2 heterocycles. The fourth-order valence-electron chi connectivity index (χ4n) is 2.60. The number of hydrogen-bond donors (Lipinski definition) is 1. The smallest absolute Gasteiger partial charge is 0.254 e. The van der Waals surface area contributed by atoms with E-state index in [9.17, 15) is 4.79 Å². The van der Waals surface area contributed by atoms with Gasteiger partial charge in [-0.3, -0.25) is 14.2 Å². The molecule has 0 spiro atoms. The maximum Gasteiger partial charge on any atom is 0.254 e. The molecule has 0 radical (unpaired) electrons. The summed E-state index contributed by atoms with van der Waals surface area (Å²) in [7, 11) is 0. The van der Waals surface area contributed by atoms with E-state index in [1.165, 1.54) is 6.33 Å². The Morgan fingerprint density at radius 1 is 1.20 bits per heavy atom. The predicted octanol–water partition coefficient (Wildman–Crippen LogP) is 2.62. The zero-order valence-electron chi connectivity index (χ0n) is 14.4. The van der Waals surface area contributed by atoms with Crippen molar-refractivity contribution in [1.29, 1.82) is 0 Å². The summed E-state index contributed by atoms with van der Waals surface area (Å²) < 4.78 is 3.54. The zero-order chi connectivity index (χ0) is 17.6. The zero-order valence-corrected chi connectivity index (χ0v) is 14.4. The van der Waals surface area contributed by atoms with Crippen LogP contribution in [0, 0.1) is 0 Å². The molecule has 1 N–H and O–H groups in total. The minimum atomic E-state index is -0.126. The maximum atomic E-state index is 12.6. The molecule has 0 saturated carbocycles. The van der Waals surface area contributed by atoms with E-state index in [4.69, 9.17) is 0 Å². The van der Waals surface area contributed by atoms with Gasteiger partial charge >= 0.3 is 0 Å². The van der Waals surface area contributed by atoms with Crippen molar-refractivity contribution in [2.75, 3.05) is 0 Å². The first-order chi connectivity index (χ1) is 12.1. The lowest BCUT2D eigenvalue weighted by Gasteiger charge is -2.19. The van der Waals surface area contributed by atoms with E-state index < -0.39 is 0 Å². The summed E-state index contributed by atoms with van der Waals surface area (Å²) in [5, 5.41) is 11.5. The van der Waals surface area contributed by atoms with Crippen LogP contribution in [0.1, 0.15) is 48.3 Å². The van der Waals surface area contributed by atoms with Crippen molar-refractivity contribution in [3.8, 4) is 0 Å². The molecule has 7 heteroatoms. The lowest BCUT2D eigenvalue weighted by atomic mass is 10.0. The topological polar surface area (TPSA) is 77.6 Å². The van der Waals surface area contributed by atoms with Gasteiger partial charge in [-0.25, -0.2) is 4.98 Å². The third-order valence-corrected chi connectivity index (χ3v) is 4.01. The van der Waals surface area contributed by atoms with Crippen LogP contribution in [0.3, 0.4) is 0 Å². The Morgan fingerprint density at radius 3 is 2.64 bits per heavy atom. The largest absolute Gasteiger partial charge is 0.345 e. The van der Waals surface area contributed by atoms with Gasteiger partial charge in [0.15, 0.2) is 0 Å². The molecule has 0 aliphatic rings. The average Bonchev–Trinajstić information content (AvgIpc) is 3.30. The molecule has 0 fully saturated rings. The molecular formula is C18H22N6O. The average molecular weight is 338 g/mol. The lowest BCUT2D eigenvalue weighted by molar-refractivity contribution is 0.0933. The number of rotatable bonds is 7. The number of carbonyl (C=O) groups excluding carboxylic acids is 1. The van der Waals surface area contributed by atoms with Gasteiger partial charge in [0.1, 0.15) is 12.7 Å². The van der Waals surface area contributed by atoms with Crippen LogP contribution in [0.5, 0.6) is 0 Å². The van der Waals surface area contributed by atoms with Crippen molar-refractivity contribution in [3.63, 3.8) is 0 Å². The van der Waals surface area contributed by atoms with Gasteiger partial charge in [-0.15, -0.1) is 0 Å².